The van der Waals surface area contributed by atoms with Crippen LogP contribution < -0.4 is 4.74 Å². The third-order valence-corrected chi connectivity index (χ3v) is 3.63. The van der Waals surface area contributed by atoms with Crippen LogP contribution in [0, 0.1) is 10.1 Å². The number of hydrogen-bond acceptors (Lipinski definition) is 5. The smallest absolute Gasteiger partial charge is 0.312 e. The SMILES string of the molecule is O=[N+]([O-])c1cc(Cl)ccc1OCCCCS(=O)(=O)Cl. The number of nitro groups is 1. The van der Waals surface area contributed by atoms with E-state index in [-0.39, 0.29) is 28.8 Å². The van der Waals surface area contributed by atoms with Crippen LogP contribution in [0.2, 0.25) is 5.02 Å². The fourth-order valence-electron chi connectivity index (χ4n) is 1.31. The van der Waals surface area contributed by atoms with E-state index < -0.39 is 14.0 Å². The van der Waals surface area contributed by atoms with E-state index in [9.17, 15) is 18.5 Å². The Kier molecular flexibility index (Phi) is 5.84. The van der Waals surface area contributed by atoms with E-state index in [0.717, 1.165) is 0 Å². The van der Waals surface area contributed by atoms with Crippen LogP contribution in [-0.2, 0) is 9.05 Å². The third kappa shape index (κ3) is 6.09. The fourth-order valence-corrected chi connectivity index (χ4v) is 2.36. The minimum atomic E-state index is -3.51. The predicted molar refractivity (Wildman–Crippen MR) is 72.5 cm³/mol. The average Bonchev–Trinajstić information content (AvgIpc) is 2.28. The van der Waals surface area contributed by atoms with E-state index in [4.69, 9.17) is 27.0 Å². The Balaban J connectivity index is 2.52. The van der Waals surface area contributed by atoms with Crippen molar-refractivity contribution in [3.8, 4) is 5.75 Å². The van der Waals surface area contributed by atoms with Crippen molar-refractivity contribution in [1.29, 1.82) is 0 Å². The summed E-state index contributed by atoms with van der Waals surface area (Å²) in [5.74, 6) is -0.0520. The van der Waals surface area contributed by atoms with Gasteiger partial charge in [-0.3, -0.25) is 10.1 Å². The van der Waals surface area contributed by atoms with Crippen LogP contribution in [0.4, 0.5) is 5.69 Å². The number of benzene rings is 1. The molecule has 0 spiro atoms. The maximum Gasteiger partial charge on any atom is 0.312 e. The van der Waals surface area contributed by atoms with Crippen molar-refractivity contribution >= 4 is 37.0 Å². The fraction of sp³-hybridized carbons (Fsp3) is 0.400. The Morgan fingerprint density at radius 1 is 1.32 bits per heavy atom. The number of unbranched alkanes of at least 4 members (excludes halogenated alkanes) is 1. The van der Waals surface area contributed by atoms with Gasteiger partial charge in [0.1, 0.15) is 0 Å². The molecule has 0 amide bonds. The molecule has 0 radical (unpaired) electrons. The molecule has 0 aliphatic heterocycles. The second-order valence-corrected chi connectivity index (χ2v) is 7.00. The van der Waals surface area contributed by atoms with Gasteiger partial charge in [-0.15, -0.1) is 0 Å². The molecule has 0 unspecified atom stereocenters. The van der Waals surface area contributed by atoms with Gasteiger partial charge in [-0.1, -0.05) is 11.6 Å². The van der Waals surface area contributed by atoms with Crippen LogP contribution in [0.1, 0.15) is 12.8 Å². The van der Waals surface area contributed by atoms with Crippen molar-refractivity contribution in [1.82, 2.24) is 0 Å². The molecule has 19 heavy (non-hydrogen) atoms. The molecule has 9 heteroatoms. The lowest BCUT2D eigenvalue weighted by molar-refractivity contribution is -0.385. The number of nitro benzene ring substituents is 1. The van der Waals surface area contributed by atoms with Crippen LogP contribution in [0.3, 0.4) is 0 Å². The molecule has 0 atom stereocenters. The summed E-state index contributed by atoms with van der Waals surface area (Å²) in [6, 6.07) is 4.08. The van der Waals surface area contributed by atoms with Crippen molar-refractivity contribution < 1.29 is 18.1 Å². The molecule has 0 bridgehead atoms. The first-order valence-corrected chi connectivity index (χ1v) is 8.14. The minimum absolute atomic E-state index is 0.100. The number of halogens is 2. The molecule has 0 heterocycles. The summed E-state index contributed by atoms with van der Waals surface area (Å²) in [6.07, 6.45) is 0.749. The van der Waals surface area contributed by atoms with Gasteiger partial charge in [-0.2, -0.15) is 0 Å². The minimum Gasteiger partial charge on any atom is -0.487 e. The van der Waals surface area contributed by atoms with Gasteiger partial charge in [-0.25, -0.2) is 8.42 Å². The van der Waals surface area contributed by atoms with Crippen LogP contribution in [0.5, 0.6) is 5.75 Å². The molecule has 0 aliphatic carbocycles. The Morgan fingerprint density at radius 3 is 2.58 bits per heavy atom. The highest BCUT2D eigenvalue weighted by atomic mass is 35.7. The first-order chi connectivity index (χ1) is 8.79. The van der Waals surface area contributed by atoms with Gasteiger partial charge in [0.05, 0.1) is 17.3 Å². The van der Waals surface area contributed by atoms with E-state index in [1.807, 2.05) is 0 Å². The van der Waals surface area contributed by atoms with Gasteiger partial charge in [-0.05, 0) is 25.0 Å². The maximum atomic E-state index is 10.8. The normalized spacial score (nSPS) is 11.3. The monoisotopic (exact) mass is 327 g/mol. The number of nitrogens with zero attached hydrogens (tertiary/aromatic N) is 1. The van der Waals surface area contributed by atoms with Crippen LogP contribution in [0.25, 0.3) is 0 Å². The summed E-state index contributed by atoms with van der Waals surface area (Å²) >= 11 is 5.65. The standard InChI is InChI=1S/C10H11Cl2NO5S/c11-8-3-4-10(9(7-8)13(14)15)18-5-1-2-6-19(12,16)17/h3-4,7H,1-2,5-6H2. The van der Waals surface area contributed by atoms with Crippen molar-refractivity contribution in [2.75, 3.05) is 12.4 Å². The van der Waals surface area contributed by atoms with E-state index in [1.54, 1.807) is 0 Å². The summed E-state index contributed by atoms with van der Waals surface area (Å²) in [7, 11) is 1.54. The van der Waals surface area contributed by atoms with E-state index >= 15 is 0 Å². The first-order valence-electron chi connectivity index (χ1n) is 5.28. The number of hydrogen-bond donors (Lipinski definition) is 0. The van der Waals surface area contributed by atoms with Crippen molar-refractivity contribution in [3.05, 3.63) is 33.3 Å². The van der Waals surface area contributed by atoms with Crippen molar-refractivity contribution in [3.63, 3.8) is 0 Å². The van der Waals surface area contributed by atoms with Crippen molar-refractivity contribution in [2.45, 2.75) is 12.8 Å². The molecular weight excluding hydrogens is 317 g/mol. The van der Waals surface area contributed by atoms with Gasteiger partial charge in [0.15, 0.2) is 5.75 Å². The van der Waals surface area contributed by atoms with Crippen molar-refractivity contribution in [2.24, 2.45) is 0 Å². The second kappa shape index (κ2) is 6.93. The zero-order valence-electron chi connectivity index (χ0n) is 9.71. The highest BCUT2D eigenvalue weighted by molar-refractivity contribution is 8.13. The Hall–Kier alpha value is -1.05. The van der Waals surface area contributed by atoms with E-state index in [2.05, 4.69) is 0 Å². The first kappa shape index (κ1) is 16.0. The molecule has 0 saturated heterocycles. The average molecular weight is 328 g/mol. The zero-order valence-corrected chi connectivity index (χ0v) is 12.0. The molecule has 0 aromatic heterocycles. The Bertz CT molecular complexity index is 561. The van der Waals surface area contributed by atoms with Crippen LogP contribution in [-0.4, -0.2) is 25.7 Å². The third-order valence-electron chi connectivity index (χ3n) is 2.16. The van der Waals surface area contributed by atoms with Gasteiger partial charge in [0.25, 0.3) is 0 Å². The maximum absolute atomic E-state index is 10.8. The van der Waals surface area contributed by atoms with Crippen LogP contribution >= 0.6 is 22.3 Å². The molecule has 0 aliphatic rings. The quantitative estimate of drug-likeness (QED) is 0.332. The molecule has 0 fully saturated rings. The summed E-state index contributed by atoms with van der Waals surface area (Å²) in [5, 5.41) is 11.0. The van der Waals surface area contributed by atoms with Gasteiger partial charge >= 0.3 is 5.69 Å². The summed E-state index contributed by atoms with van der Waals surface area (Å²) in [5.41, 5.74) is -0.225. The number of ether oxygens (including phenoxy) is 1. The topological polar surface area (TPSA) is 86.5 Å². The molecule has 1 aromatic carbocycles. The predicted octanol–water partition coefficient (Wildman–Crippen LogP) is 2.98. The number of rotatable bonds is 7. The van der Waals surface area contributed by atoms with Gasteiger partial charge < -0.3 is 4.74 Å². The largest absolute Gasteiger partial charge is 0.487 e. The van der Waals surface area contributed by atoms with Gasteiger partial charge in [0, 0.05) is 21.8 Å². The molecule has 0 saturated carbocycles. The highest BCUT2D eigenvalue weighted by Crippen LogP contribution is 2.29. The van der Waals surface area contributed by atoms with Crippen LogP contribution in [0.15, 0.2) is 18.2 Å². The zero-order chi connectivity index (χ0) is 14.5. The lowest BCUT2D eigenvalue weighted by Gasteiger charge is -2.06. The summed E-state index contributed by atoms with van der Waals surface area (Å²) < 4.78 is 26.6. The van der Waals surface area contributed by atoms with E-state index in [1.165, 1.54) is 18.2 Å². The van der Waals surface area contributed by atoms with E-state index in [0.29, 0.717) is 12.8 Å². The summed E-state index contributed by atoms with van der Waals surface area (Å²) in [6.45, 7) is 0.162. The second-order valence-electron chi connectivity index (χ2n) is 3.67. The lowest BCUT2D eigenvalue weighted by Crippen LogP contribution is -2.03. The molecule has 106 valence electrons. The molecule has 0 N–H and O–H groups in total. The molecule has 1 aromatic rings. The Morgan fingerprint density at radius 2 is 2.00 bits per heavy atom. The molecule has 1 rings (SSSR count). The molecular formula is C10H11Cl2NO5S. The van der Waals surface area contributed by atoms with Gasteiger partial charge in [0.2, 0.25) is 9.05 Å². The highest BCUT2D eigenvalue weighted by Gasteiger charge is 2.15. The Labute approximate surface area is 119 Å². The lowest BCUT2D eigenvalue weighted by atomic mass is 10.3. The molecule has 6 nitrogen and oxygen atoms in total. The summed E-state index contributed by atoms with van der Waals surface area (Å²) in [4.78, 5) is 10.2.